The molecule has 1 saturated heterocycles. The number of nitrogens with zero attached hydrogens (tertiary/aromatic N) is 5. The zero-order valence-electron chi connectivity index (χ0n) is 18.9. The first kappa shape index (κ1) is 22.2. The number of pyridine rings is 2. The summed E-state index contributed by atoms with van der Waals surface area (Å²) in [4.78, 5) is 25.6. The van der Waals surface area contributed by atoms with E-state index < -0.39 is 0 Å². The standard InChI is InChI=1S/C26H33N5O/c1-29(18-13-23-8-2-3-15-28-23)26(32)12-11-22-7-5-16-30(20-22)21-25-10-6-17-31(25)24-9-4-14-27-19-24/h2-4,6,8-10,14-15,17,19,22H,5,7,11-13,16,18,20-21H2,1H3. The lowest BCUT2D eigenvalue weighted by atomic mass is 9.93. The van der Waals surface area contributed by atoms with Crippen LogP contribution in [0, 0.1) is 5.92 Å². The number of carbonyl (C=O) groups is 1. The lowest BCUT2D eigenvalue weighted by Gasteiger charge is -2.33. The first-order valence-electron chi connectivity index (χ1n) is 11.6. The van der Waals surface area contributed by atoms with E-state index >= 15 is 0 Å². The molecule has 0 aliphatic carbocycles. The third-order valence-electron chi connectivity index (χ3n) is 6.37. The highest BCUT2D eigenvalue weighted by molar-refractivity contribution is 5.75. The molecular formula is C26H33N5O. The number of hydrogen-bond donors (Lipinski definition) is 0. The van der Waals surface area contributed by atoms with Crippen LogP contribution in [-0.2, 0) is 17.8 Å². The number of carbonyl (C=O) groups excluding carboxylic acids is 1. The average molecular weight is 432 g/mol. The lowest BCUT2D eigenvalue weighted by Crippen LogP contribution is -2.36. The van der Waals surface area contributed by atoms with E-state index in [2.05, 4.69) is 43.8 Å². The van der Waals surface area contributed by atoms with Gasteiger partial charge in [0.2, 0.25) is 5.91 Å². The number of amides is 1. The molecule has 1 fully saturated rings. The van der Waals surface area contributed by atoms with Gasteiger partial charge >= 0.3 is 0 Å². The molecule has 0 aromatic carbocycles. The van der Waals surface area contributed by atoms with Gasteiger partial charge in [0.1, 0.15) is 0 Å². The Hall–Kier alpha value is -2.99. The smallest absolute Gasteiger partial charge is 0.222 e. The van der Waals surface area contributed by atoms with Crippen molar-refractivity contribution >= 4 is 5.91 Å². The molecule has 0 spiro atoms. The van der Waals surface area contributed by atoms with Crippen molar-refractivity contribution in [3.8, 4) is 5.69 Å². The highest BCUT2D eigenvalue weighted by Crippen LogP contribution is 2.23. The van der Waals surface area contributed by atoms with Crippen LogP contribution in [0.4, 0.5) is 0 Å². The first-order valence-corrected chi connectivity index (χ1v) is 11.6. The molecule has 0 saturated carbocycles. The molecule has 4 heterocycles. The monoisotopic (exact) mass is 431 g/mol. The molecule has 4 rings (SSSR count). The molecular weight excluding hydrogens is 398 g/mol. The minimum absolute atomic E-state index is 0.239. The Morgan fingerprint density at radius 1 is 1.16 bits per heavy atom. The predicted molar refractivity (Wildman–Crippen MR) is 126 cm³/mol. The van der Waals surface area contributed by atoms with E-state index in [0.29, 0.717) is 12.3 Å². The van der Waals surface area contributed by atoms with Gasteiger partial charge in [-0.3, -0.25) is 19.7 Å². The molecule has 32 heavy (non-hydrogen) atoms. The summed E-state index contributed by atoms with van der Waals surface area (Å²) in [5, 5.41) is 0. The maximum atomic E-state index is 12.6. The Kier molecular flexibility index (Phi) is 7.67. The molecule has 1 aliphatic heterocycles. The van der Waals surface area contributed by atoms with E-state index in [1.165, 1.54) is 18.5 Å². The van der Waals surface area contributed by atoms with Gasteiger partial charge in [0.15, 0.2) is 0 Å². The largest absolute Gasteiger partial charge is 0.345 e. The van der Waals surface area contributed by atoms with Crippen molar-refractivity contribution in [1.82, 2.24) is 24.3 Å². The maximum absolute atomic E-state index is 12.6. The second-order valence-corrected chi connectivity index (χ2v) is 8.75. The van der Waals surface area contributed by atoms with Crippen LogP contribution in [0.1, 0.15) is 37.1 Å². The van der Waals surface area contributed by atoms with Gasteiger partial charge in [-0.1, -0.05) is 6.07 Å². The van der Waals surface area contributed by atoms with Crippen LogP contribution in [0.3, 0.4) is 0 Å². The van der Waals surface area contributed by atoms with Gasteiger partial charge in [0.25, 0.3) is 0 Å². The van der Waals surface area contributed by atoms with Crippen molar-refractivity contribution in [2.45, 2.75) is 38.6 Å². The molecule has 168 valence electrons. The Labute approximate surface area is 190 Å². The third kappa shape index (κ3) is 6.04. The highest BCUT2D eigenvalue weighted by Gasteiger charge is 2.22. The van der Waals surface area contributed by atoms with Crippen molar-refractivity contribution in [3.63, 3.8) is 0 Å². The Balaban J connectivity index is 1.24. The van der Waals surface area contributed by atoms with Gasteiger partial charge in [-0.2, -0.15) is 0 Å². The van der Waals surface area contributed by atoms with Crippen molar-refractivity contribution in [2.24, 2.45) is 5.92 Å². The number of hydrogen-bond acceptors (Lipinski definition) is 4. The SMILES string of the molecule is CN(CCc1ccccn1)C(=O)CCC1CCCN(Cc2cccn2-c2cccnc2)C1. The molecule has 6 heteroatoms. The number of likely N-dealkylation sites (N-methyl/N-ethyl adjacent to an activating group) is 1. The quantitative estimate of drug-likeness (QED) is 0.515. The zero-order valence-corrected chi connectivity index (χ0v) is 18.9. The molecule has 0 bridgehead atoms. The Bertz CT molecular complexity index is 972. The van der Waals surface area contributed by atoms with Gasteiger partial charge in [0.05, 0.1) is 11.9 Å². The van der Waals surface area contributed by atoms with E-state index in [9.17, 15) is 4.79 Å². The van der Waals surface area contributed by atoms with Crippen molar-refractivity contribution in [1.29, 1.82) is 0 Å². The molecule has 3 aromatic heterocycles. The van der Waals surface area contributed by atoms with Crippen LogP contribution >= 0.6 is 0 Å². The Morgan fingerprint density at radius 3 is 2.91 bits per heavy atom. The van der Waals surface area contributed by atoms with Gasteiger partial charge in [0, 0.05) is 69.5 Å². The number of piperidine rings is 1. The summed E-state index contributed by atoms with van der Waals surface area (Å²) in [5.41, 5.74) is 3.41. The summed E-state index contributed by atoms with van der Waals surface area (Å²) in [5.74, 6) is 0.821. The normalized spacial score (nSPS) is 16.7. The fraction of sp³-hybridized carbons (Fsp3) is 0.423. The summed E-state index contributed by atoms with van der Waals surface area (Å²) in [6.07, 6.45) is 12.4. The predicted octanol–water partition coefficient (Wildman–Crippen LogP) is 3.96. The van der Waals surface area contributed by atoms with Crippen LogP contribution in [0.2, 0.25) is 0 Å². The van der Waals surface area contributed by atoms with Crippen molar-refractivity contribution < 1.29 is 4.79 Å². The van der Waals surface area contributed by atoms with Crippen LogP contribution in [0.15, 0.2) is 67.3 Å². The summed E-state index contributed by atoms with van der Waals surface area (Å²) in [6.45, 7) is 3.82. The summed E-state index contributed by atoms with van der Waals surface area (Å²) < 4.78 is 2.22. The van der Waals surface area contributed by atoms with Gasteiger partial charge in [-0.15, -0.1) is 0 Å². The summed E-state index contributed by atoms with van der Waals surface area (Å²) in [6, 6.07) is 14.3. The Morgan fingerprint density at radius 2 is 2.09 bits per heavy atom. The van der Waals surface area contributed by atoms with Gasteiger partial charge in [-0.25, -0.2) is 0 Å². The molecule has 6 nitrogen and oxygen atoms in total. The lowest BCUT2D eigenvalue weighted by molar-refractivity contribution is -0.130. The zero-order chi connectivity index (χ0) is 22.2. The van der Waals surface area contributed by atoms with Crippen LogP contribution < -0.4 is 0 Å². The van der Waals surface area contributed by atoms with E-state index in [-0.39, 0.29) is 5.91 Å². The molecule has 1 unspecified atom stereocenters. The van der Waals surface area contributed by atoms with E-state index in [4.69, 9.17) is 0 Å². The molecule has 3 aromatic rings. The molecule has 0 radical (unpaired) electrons. The van der Waals surface area contributed by atoms with Gasteiger partial charge in [-0.05, 0) is 68.1 Å². The minimum Gasteiger partial charge on any atom is -0.345 e. The van der Waals surface area contributed by atoms with Crippen molar-refractivity contribution in [2.75, 3.05) is 26.7 Å². The molecule has 1 atom stereocenters. The van der Waals surface area contributed by atoms with Gasteiger partial charge < -0.3 is 9.47 Å². The van der Waals surface area contributed by atoms with Crippen LogP contribution in [0.5, 0.6) is 0 Å². The molecule has 1 aliphatic rings. The van der Waals surface area contributed by atoms with Crippen LogP contribution in [0.25, 0.3) is 5.69 Å². The third-order valence-corrected chi connectivity index (χ3v) is 6.37. The highest BCUT2D eigenvalue weighted by atomic mass is 16.2. The van der Waals surface area contributed by atoms with E-state index in [0.717, 1.165) is 50.4 Å². The van der Waals surface area contributed by atoms with Crippen molar-refractivity contribution in [3.05, 3.63) is 78.6 Å². The second kappa shape index (κ2) is 11.0. The number of aromatic nitrogens is 3. The number of likely N-dealkylation sites (tertiary alicyclic amines) is 1. The average Bonchev–Trinajstić information content (AvgIpc) is 3.30. The van der Waals surface area contributed by atoms with E-state index in [1.807, 2.05) is 42.4 Å². The summed E-state index contributed by atoms with van der Waals surface area (Å²) >= 11 is 0. The second-order valence-electron chi connectivity index (χ2n) is 8.75. The molecule has 1 amide bonds. The summed E-state index contributed by atoms with van der Waals surface area (Å²) in [7, 11) is 1.91. The van der Waals surface area contributed by atoms with E-state index in [1.54, 1.807) is 12.4 Å². The fourth-order valence-electron chi connectivity index (χ4n) is 4.52. The number of rotatable bonds is 9. The topological polar surface area (TPSA) is 54.3 Å². The maximum Gasteiger partial charge on any atom is 0.222 e. The van der Waals surface area contributed by atoms with Crippen LogP contribution in [-0.4, -0.2) is 56.9 Å². The molecule has 0 N–H and O–H groups in total. The fourth-order valence-corrected chi connectivity index (χ4v) is 4.52. The minimum atomic E-state index is 0.239. The first-order chi connectivity index (χ1) is 15.7.